The van der Waals surface area contributed by atoms with Gasteiger partial charge in [-0.25, -0.2) is 9.78 Å². The van der Waals surface area contributed by atoms with E-state index in [0.29, 0.717) is 23.5 Å². The minimum absolute atomic E-state index is 0.00892. The third-order valence-electron chi connectivity index (χ3n) is 3.37. The minimum atomic E-state index is -0.648. The number of aromatic nitrogens is 1. The van der Waals surface area contributed by atoms with E-state index in [0.717, 1.165) is 0 Å². The molecule has 8 nitrogen and oxygen atoms in total. The van der Waals surface area contributed by atoms with Crippen molar-refractivity contribution < 1.29 is 19.2 Å². The Kier molecular flexibility index (Phi) is 8.02. The average Bonchev–Trinajstić information content (AvgIpc) is 2.72. The zero-order valence-electron chi connectivity index (χ0n) is 15.3. The maximum Gasteiger partial charge on any atom is 0.412 e. The Labute approximate surface area is 162 Å². The van der Waals surface area contributed by atoms with Crippen LogP contribution in [0.2, 0.25) is 0 Å². The second-order valence-electron chi connectivity index (χ2n) is 5.39. The van der Waals surface area contributed by atoms with Crippen molar-refractivity contribution in [1.82, 2.24) is 10.3 Å². The van der Waals surface area contributed by atoms with Crippen LogP contribution in [0, 0.1) is 12.3 Å². The van der Waals surface area contributed by atoms with Crippen LogP contribution in [-0.2, 0) is 21.0 Å². The number of nitrogens with zero attached hydrogens (tertiary/aromatic N) is 2. The molecule has 1 aromatic carbocycles. The largest absolute Gasteiger partial charge is 0.448 e. The van der Waals surface area contributed by atoms with Gasteiger partial charge in [0, 0.05) is 19.0 Å². The van der Waals surface area contributed by atoms with Crippen LogP contribution in [0.3, 0.4) is 0 Å². The molecule has 0 radical (unpaired) electrons. The molecule has 0 unspecified atom stereocenters. The van der Waals surface area contributed by atoms with E-state index < -0.39 is 6.09 Å². The molecule has 1 heterocycles. The Bertz CT molecular complexity index is 875. The summed E-state index contributed by atoms with van der Waals surface area (Å²) in [5.74, 6) is 2.30. The van der Waals surface area contributed by atoms with Crippen molar-refractivity contribution in [3.8, 4) is 12.3 Å². The van der Waals surface area contributed by atoms with Gasteiger partial charge in [-0.05, 0) is 12.1 Å². The smallest absolute Gasteiger partial charge is 0.412 e. The topological polar surface area (TPSA) is 102 Å². The molecule has 0 aliphatic heterocycles. The van der Waals surface area contributed by atoms with Crippen molar-refractivity contribution in [3.63, 3.8) is 0 Å². The van der Waals surface area contributed by atoms with E-state index in [1.54, 1.807) is 42.5 Å². The molecule has 0 atom stereocenters. The molecule has 0 bridgehead atoms. The number of pyridine rings is 1. The number of nitrogens with one attached hydrogen (secondary N) is 2. The van der Waals surface area contributed by atoms with E-state index in [9.17, 15) is 9.59 Å². The van der Waals surface area contributed by atoms with Gasteiger partial charge in [-0.3, -0.25) is 10.1 Å². The van der Waals surface area contributed by atoms with Crippen LogP contribution in [0.1, 0.15) is 17.7 Å². The molecule has 0 saturated heterocycles. The highest BCUT2D eigenvalue weighted by Gasteiger charge is 2.13. The predicted molar refractivity (Wildman–Crippen MR) is 104 cm³/mol. The molecule has 8 heteroatoms. The van der Waals surface area contributed by atoms with Gasteiger partial charge in [0.2, 0.25) is 0 Å². The highest BCUT2D eigenvalue weighted by Crippen LogP contribution is 2.08. The summed E-state index contributed by atoms with van der Waals surface area (Å²) < 4.78 is 4.90. The van der Waals surface area contributed by atoms with Crippen molar-refractivity contribution in [2.45, 2.75) is 13.0 Å². The Morgan fingerprint density at radius 1 is 1.18 bits per heavy atom. The predicted octanol–water partition coefficient (Wildman–Crippen LogP) is 2.32. The fourth-order valence-electron chi connectivity index (χ4n) is 2.08. The zero-order valence-corrected chi connectivity index (χ0v) is 15.3. The Hall–Kier alpha value is -3.86. The molecule has 0 saturated carbocycles. The van der Waals surface area contributed by atoms with Gasteiger partial charge in [-0.2, -0.15) is 0 Å². The number of amides is 2. The van der Waals surface area contributed by atoms with Crippen LogP contribution in [0.25, 0.3) is 0 Å². The second-order valence-corrected chi connectivity index (χ2v) is 5.39. The van der Waals surface area contributed by atoms with Crippen molar-refractivity contribution in [2.75, 3.05) is 19.0 Å². The fraction of sp³-hybridized carbons (Fsp3) is 0.200. The summed E-state index contributed by atoms with van der Waals surface area (Å²) >= 11 is 0. The number of hydrogen-bond donors (Lipinski definition) is 2. The number of carbonyl (C=O) groups is 2. The van der Waals surface area contributed by atoms with Crippen molar-refractivity contribution in [1.29, 1.82) is 0 Å². The van der Waals surface area contributed by atoms with Gasteiger partial charge in [0.15, 0.2) is 12.3 Å². The molecule has 0 aliphatic rings. The fourth-order valence-corrected chi connectivity index (χ4v) is 2.08. The van der Waals surface area contributed by atoms with E-state index in [2.05, 4.69) is 26.7 Å². The number of likely N-dealkylation sites (N-methyl/N-ethyl adjacent to an activating group) is 1. The number of rotatable bonds is 8. The molecule has 144 valence electrons. The van der Waals surface area contributed by atoms with Gasteiger partial charge in [-0.15, -0.1) is 12.3 Å². The highest BCUT2D eigenvalue weighted by atomic mass is 16.6. The molecular formula is C20H20N4O4. The number of benzene rings is 1. The Morgan fingerprint density at radius 3 is 2.68 bits per heavy atom. The first-order valence-electron chi connectivity index (χ1n) is 8.44. The third kappa shape index (κ3) is 6.46. The molecule has 28 heavy (non-hydrogen) atoms. The van der Waals surface area contributed by atoms with Gasteiger partial charge in [0.05, 0.1) is 5.69 Å². The average molecular weight is 380 g/mol. The van der Waals surface area contributed by atoms with Crippen LogP contribution in [-0.4, -0.2) is 36.4 Å². The number of carbonyl (C=O) groups excluding carboxylic acids is 2. The van der Waals surface area contributed by atoms with E-state index in [4.69, 9.17) is 16.0 Å². The first kappa shape index (κ1) is 20.5. The third-order valence-corrected chi connectivity index (χ3v) is 3.37. The SMILES string of the molecule is C#CCCOC(=O)Nc1cccc(CON=C(C(=O)NC)c2ccccc2)n1. The molecular weight excluding hydrogens is 360 g/mol. The first-order chi connectivity index (χ1) is 13.6. The lowest BCUT2D eigenvalue weighted by Gasteiger charge is -2.08. The first-order valence-corrected chi connectivity index (χ1v) is 8.44. The lowest BCUT2D eigenvalue weighted by molar-refractivity contribution is -0.114. The van der Waals surface area contributed by atoms with E-state index in [1.807, 2.05) is 6.07 Å². The summed E-state index contributed by atoms with van der Waals surface area (Å²) in [5.41, 5.74) is 1.28. The standard InChI is InChI=1S/C20H20N4O4/c1-3-4-13-27-20(26)23-17-12-8-11-16(22-17)14-28-24-18(19(25)21-2)15-9-6-5-7-10-15/h1,5-12H,4,13-14H2,2H3,(H,21,25)(H,22,23,26). The van der Waals surface area contributed by atoms with E-state index >= 15 is 0 Å². The van der Waals surface area contributed by atoms with E-state index in [1.165, 1.54) is 7.05 Å². The zero-order chi connectivity index (χ0) is 20.2. The Morgan fingerprint density at radius 2 is 1.96 bits per heavy atom. The molecule has 2 rings (SSSR count). The number of oxime groups is 1. The molecule has 2 N–H and O–H groups in total. The maximum absolute atomic E-state index is 12.0. The minimum Gasteiger partial charge on any atom is -0.448 e. The van der Waals surface area contributed by atoms with Crippen molar-refractivity contribution >= 4 is 23.5 Å². The van der Waals surface area contributed by atoms with Crippen LogP contribution in [0.5, 0.6) is 0 Å². The van der Waals surface area contributed by atoms with Gasteiger partial charge in [0.25, 0.3) is 5.91 Å². The summed E-state index contributed by atoms with van der Waals surface area (Å²) in [6.07, 6.45) is 4.78. The second kappa shape index (κ2) is 11.0. The van der Waals surface area contributed by atoms with Gasteiger partial charge >= 0.3 is 6.09 Å². The highest BCUT2D eigenvalue weighted by molar-refractivity contribution is 6.45. The monoisotopic (exact) mass is 380 g/mol. The van der Waals surface area contributed by atoms with Crippen LogP contribution >= 0.6 is 0 Å². The quantitative estimate of drug-likeness (QED) is 0.317. The molecule has 2 aromatic rings. The van der Waals surface area contributed by atoms with Crippen LogP contribution in [0.4, 0.5) is 10.6 Å². The summed E-state index contributed by atoms with van der Waals surface area (Å²) in [6.45, 7) is 0.136. The van der Waals surface area contributed by atoms with Gasteiger partial charge in [-0.1, -0.05) is 41.6 Å². The van der Waals surface area contributed by atoms with Crippen LogP contribution in [0.15, 0.2) is 53.7 Å². The summed E-state index contributed by atoms with van der Waals surface area (Å²) in [4.78, 5) is 33.2. The van der Waals surface area contributed by atoms with E-state index in [-0.39, 0.29) is 24.8 Å². The molecule has 0 spiro atoms. The summed E-state index contributed by atoms with van der Waals surface area (Å²) in [7, 11) is 1.51. The molecule has 0 fully saturated rings. The summed E-state index contributed by atoms with van der Waals surface area (Å²) in [6, 6.07) is 14.0. The van der Waals surface area contributed by atoms with Crippen LogP contribution < -0.4 is 10.6 Å². The van der Waals surface area contributed by atoms with Crippen molar-refractivity contribution in [2.24, 2.45) is 5.16 Å². The molecule has 2 amide bonds. The maximum atomic E-state index is 12.0. The number of anilines is 1. The number of terminal acetylenes is 1. The lowest BCUT2D eigenvalue weighted by atomic mass is 10.1. The molecule has 0 aliphatic carbocycles. The van der Waals surface area contributed by atoms with Crippen molar-refractivity contribution in [3.05, 3.63) is 59.8 Å². The number of hydrogen-bond acceptors (Lipinski definition) is 6. The van der Waals surface area contributed by atoms with Gasteiger partial charge in [0.1, 0.15) is 12.4 Å². The lowest BCUT2D eigenvalue weighted by Crippen LogP contribution is -2.28. The summed E-state index contributed by atoms with van der Waals surface area (Å²) in [5, 5.41) is 8.96. The Balaban J connectivity index is 1.99. The molecule has 1 aromatic heterocycles. The normalized spacial score (nSPS) is 10.5. The number of ether oxygens (including phenoxy) is 1. The van der Waals surface area contributed by atoms with Gasteiger partial charge < -0.3 is 14.9 Å².